The molecule has 1 aliphatic heterocycles. The highest BCUT2D eigenvalue weighted by molar-refractivity contribution is 5.76. The van der Waals surface area contributed by atoms with Crippen LogP contribution in [0.15, 0.2) is 59.5 Å². The predicted molar refractivity (Wildman–Crippen MR) is 123 cm³/mol. The summed E-state index contributed by atoms with van der Waals surface area (Å²) < 4.78 is 5.46. The number of piperidine rings is 1. The zero-order chi connectivity index (χ0) is 22.3. The Kier molecular flexibility index (Phi) is 6.94. The van der Waals surface area contributed by atoms with Crippen LogP contribution < -0.4 is 10.3 Å². The number of carbonyl (C=O) groups is 1. The molecule has 1 amide bonds. The summed E-state index contributed by atoms with van der Waals surface area (Å²) in [6, 6.07) is 15.0. The lowest BCUT2D eigenvalue weighted by Crippen LogP contribution is -2.38. The average Bonchev–Trinajstić information content (AvgIpc) is 2.84. The Bertz CT molecular complexity index is 1090. The van der Waals surface area contributed by atoms with Crippen molar-refractivity contribution in [1.82, 2.24) is 19.9 Å². The summed E-state index contributed by atoms with van der Waals surface area (Å²) in [4.78, 5) is 38.6. The van der Waals surface area contributed by atoms with E-state index in [-0.39, 0.29) is 17.4 Å². The molecule has 0 atom stereocenters. The van der Waals surface area contributed by atoms with Gasteiger partial charge in [0.25, 0.3) is 5.56 Å². The van der Waals surface area contributed by atoms with Crippen molar-refractivity contribution >= 4 is 5.91 Å². The van der Waals surface area contributed by atoms with Crippen molar-refractivity contribution in [3.8, 4) is 17.1 Å². The highest BCUT2D eigenvalue weighted by atomic mass is 16.5. The SMILES string of the molecule is CCOc1ccc(CCC(=O)N2CCC(c3nc(-c4ccccn4)cc(=O)[nH]3)CC2)cc1. The molecule has 1 fully saturated rings. The van der Waals surface area contributed by atoms with Crippen molar-refractivity contribution in [3.63, 3.8) is 0 Å². The molecule has 0 aliphatic carbocycles. The molecule has 32 heavy (non-hydrogen) atoms. The van der Waals surface area contributed by atoms with E-state index >= 15 is 0 Å². The van der Waals surface area contributed by atoms with Gasteiger partial charge in [-0.2, -0.15) is 0 Å². The Balaban J connectivity index is 1.32. The number of aromatic amines is 1. The summed E-state index contributed by atoms with van der Waals surface area (Å²) >= 11 is 0. The van der Waals surface area contributed by atoms with Crippen molar-refractivity contribution in [2.24, 2.45) is 0 Å². The van der Waals surface area contributed by atoms with Gasteiger partial charge in [0.2, 0.25) is 5.91 Å². The molecular formula is C25H28N4O3. The molecular weight excluding hydrogens is 404 g/mol. The van der Waals surface area contributed by atoms with E-state index in [1.165, 1.54) is 6.07 Å². The van der Waals surface area contributed by atoms with Crippen LogP contribution in [-0.4, -0.2) is 45.5 Å². The molecule has 166 valence electrons. The van der Waals surface area contributed by atoms with Gasteiger partial charge in [0, 0.05) is 37.7 Å². The normalized spacial score (nSPS) is 14.3. The fourth-order valence-electron chi connectivity index (χ4n) is 4.05. The maximum atomic E-state index is 12.7. The number of pyridine rings is 1. The van der Waals surface area contributed by atoms with E-state index in [4.69, 9.17) is 4.74 Å². The first-order chi connectivity index (χ1) is 15.6. The minimum absolute atomic E-state index is 0.126. The number of nitrogens with zero attached hydrogens (tertiary/aromatic N) is 3. The molecule has 2 aromatic heterocycles. The molecule has 0 bridgehead atoms. The third-order valence-corrected chi connectivity index (χ3v) is 5.78. The van der Waals surface area contributed by atoms with Gasteiger partial charge >= 0.3 is 0 Å². The number of hydrogen-bond acceptors (Lipinski definition) is 5. The van der Waals surface area contributed by atoms with Gasteiger partial charge in [-0.15, -0.1) is 0 Å². The minimum atomic E-state index is -0.176. The van der Waals surface area contributed by atoms with Crippen molar-refractivity contribution in [3.05, 3.63) is 76.5 Å². The van der Waals surface area contributed by atoms with Crippen LogP contribution in [-0.2, 0) is 11.2 Å². The topological polar surface area (TPSA) is 88.2 Å². The lowest BCUT2D eigenvalue weighted by molar-refractivity contribution is -0.132. The van der Waals surface area contributed by atoms with Crippen LogP contribution in [0.2, 0.25) is 0 Å². The zero-order valence-corrected chi connectivity index (χ0v) is 18.3. The van der Waals surface area contributed by atoms with Gasteiger partial charge in [-0.25, -0.2) is 4.98 Å². The highest BCUT2D eigenvalue weighted by Crippen LogP contribution is 2.26. The Labute approximate surface area is 187 Å². The molecule has 1 aromatic carbocycles. The van der Waals surface area contributed by atoms with Gasteiger partial charge in [0.1, 0.15) is 11.6 Å². The largest absolute Gasteiger partial charge is 0.494 e. The smallest absolute Gasteiger partial charge is 0.251 e. The number of ether oxygens (including phenoxy) is 1. The summed E-state index contributed by atoms with van der Waals surface area (Å²) in [5, 5.41) is 0. The zero-order valence-electron chi connectivity index (χ0n) is 18.3. The van der Waals surface area contributed by atoms with Crippen LogP contribution in [0.5, 0.6) is 5.75 Å². The Hall–Kier alpha value is -3.48. The number of aryl methyl sites for hydroxylation is 1. The third kappa shape index (κ3) is 5.41. The second-order valence-corrected chi connectivity index (χ2v) is 7.96. The van der Waals surface area contributed by atoms with E-state index < -0.39 is 0 Å². The monoisotopic (exact) mass is 432 g/mol. The molecule has 7 nitrogen and oxygen atoms in total. The lowest BCUT2D eigenvalue weighted by atomic mass is 9.95. The molecule has 7 heteroatoms. The summed E-state index contributed by atoms with van der Waals surface area (Å²) in [5.41, 5.74) is 2.22. The van der Waals surface area contributed by atoms with E-state index in [2.05, 4.69) is 15.0 Å². The Morgan fingerprint density at radius 1 is 1.12 bits per heavy atom. The quantitative estimate of drug-likeness (QED) is 0.617. The summed E-state index contributed by atoms with van der Waals surface area (Å²) in [6.45, 7) is 3.94. The summed E-state index contributed by atoms with van der Waals surface area (Å²) in [6.07, 6.45) is 4.46. The van der Waals surface area contributed by atoms with Gasteiger partial charge in [-0.1, -0.05) is 18.2 Å². The van der Waals surface area contributed by atoms with Crippen LogP contribution in [0, 0.1) is 0 Å². The average molecular weight is 433 g/mol. The number of rotatable bonds is 7. The predicted octanol–water partition coefficient (Wildman–Crippen LogP) is 3.57. The maximum absolute atomic E-state index is 12.7. The first kappa shape index (κ1) is 21.7. The Morgan fingerprint density at radius 3 is 2.59 bits per heavy atom. The standard InChI is InChI=1S/C25H28N4O3/c1-2-32-20-9-6-18(7-10-20)8-11-24(31)29-15-12-19(13-16-29)25-27-22(17-23(30)28-25)21-5-3-4-14-26-21/h3-7,9-10,14,17,19H,2,8,11-13,15-16H2,1H3,(H,27,28,30). The molecule has 4 rings (SSSR count). The van der Waals surface area contributed by atoms with E-state index in [0.717, 1.165) is 24.2 Å². The molecule has 0 radical (unpaired) electrons. The summed E-state index contributed by atoms with van der Waals surface area (Å²) in [7, 11) is 0. The van der Waals surface area contributed by atoms with Crippen molar-refractivity contribution in [2.45, 2.75) is 38.5 Å². The third-order valence-electron chi connectivity index (χ3n) is 5.78. The second-order valence-electron chi connectivity index (χ2n) is 7.96. The highest BCUT2D eigenvalue weighted by Gasteiger charge is 2.25. The van der Waals surface area contributed by atoms with E-state index in [1.54, 1.807) is 6.20 Å². The molecule has 0 saturated carbocycles. The summed E-state index contributed by atoms with van der Waals surface area (Å²) in [5.74, 6) is 1.82. The number of hydrogen-bond donors (Lipinski definition) is 1. The van der Waals surface area contributed by atoms with Crippen molar-refractivity contribution < 1.29 is 9.53 Å². The Morgan fingerprint density at radius 2 is 1.91 bits per heavy atom. The fourth-order valence-corrected chi connectivity index (χ4v) is 4.05. The molecule has 3 aromatic rings. The number of carbonyl (C=O) groups excluding carboxylic acids is 1. The number of likely N-dealkylation sites (tertiary alicyclic amines) is 1. The minimum Gasteiger partial charge on any atom is -0.494 e. The number of amides is 1. The van der Waals surface area contributed by atoms with Gasteiger partial charge in [-0.3, -0.25) is 14.6 Å². The van der Waals surface area contributed by atoms with Crippen LogP contribution >= 0.6 is 0 Å². The van der Waals surface area contributed by atoms with Gasteiger partial charge in [0.05, 0.1) is 18.0 Å². The maximum Gasteiger partial charge on any atom is 0.251 e. The van der Waals surface area contributed by atoms with Crippen molar-refractivity contribution in [1.29, 1.82) is 0 Å². The number of benzene rings is 1. The van der Waals surface area contributed by atoms with Crippen LogP contribution in [0.1, 0.15) is 43.5 Å². The van der Waals surface area contributed by atoms with Gasteiger partial charge in [-0.05, 0) is 56.0 Å². The van der Waals surface area contributed by atoms with Gasteiger partial charge < -0.3 is 14.6 Å². The van der Waals surface area contributed by atoms with E-state index in [1.807, 2.05) is 54.3 Å². The molecule has 0 spiro atoms. The second kappa shape index (κ2) is 10.2. The van der Waals surface area contributed by atoms with E-state index in [9.17, 15) is 9.59 Å². The van der Waals surface area contributed by atoms with Crippen LogP contribution in [0.25, 0.3) is 11.4 Å². The molecule has 0 unspecified atom stereocenters. The number of H-pyrrole nitrogens is 1. The molecule has 1 aliphatic rings. The first-order valence-electron chi connectivity index (χ1n) is 11.1. The lowest BCUT2D eigenvalue weighted by Gasteiger charge is -2.31. The van der Waals surface area contributed by atoms with Crippen LogP contribution in [0.4, 0.5) is 0 Å². The van der Waals surface area contributed by atoms with E-state index in [0.29, 0.717) is 49.8 Å². The number of nitrogens with one attached hydrogen (secondary N) is 1. The van der Waals surface area contributed by atoms with Crippen LogP contribution in [0.3, 0.4) is 0 Å². The van der Waals surface area contributed by atoms with Gasteiger partial charge in [0.15, 0.2) is 0 Å². The molecule has 1 N–H and O–H groups in total. The molecule has 1 saturated heterocycles. The number of aromatic nitrogens is 3. The van der Waals surface area contributed by atoms with Crippen molar-refractivity contribution in [2.75, 3.05) is 19.7 Å². The first-order valence-corrected chi connectivity index (χ1v) is 11.1. The molecule has 3 heterocycles. The fraction of sp³-hybridized carbons (Fsp3) is 0.360.